The van der Waals surface area contributed by atoms with Crippen LogP contribution in [-0.4, -0.2) is 24.5 Å². The van der Waals surface area contributed by atoms with Gasteiger partial charge in [-0.05, 0) is 56.7 Å². The Morgan fingerprint density at radius 3 is 2.29 bits per heavy atom. The summed E-state index contributed by atoms with van der Waals surface area (Å²) in [6.07, 6.45) is 8.96. The molecule has 0 radical (unpaired) electrons. The van der Waals surface area contributed by atoms with Crippen LogP contribution < -0.4 is 0 Å². The first-order valence-electron chi connectivity index (χ1n) is 6.50. The second-order valence-corrected chi connectivity index (χ2v) is 5.50. The Kier molecular flexibility index (Phi) is 3.16. The lowest BCUT2D eigenvalue weighted by molar-refractivity contribution is -0.0149. The molecule has 1 spiro atoms. The highest BCUT2D eigenvalue weighted by Gasteiger charge is 2.44. The molecule has 0 amide bonds. The molecule has 0 atom stereocenters. The van der Waals surface area contributed by atoms with Crippen molar-refractivity contribution in [2.75, 3.05) is 19.6 Å². The van der Waals surface area contributed by atoms with Gasteiger partial charge in [0.2, 0.25) is 0 Å². The minimum atomic E-state index is 0.811. The summed E-state index contributed by atoms with van der Waals surface area (Å²) in [4.78, 5) is 2.61. The Labute approximate surface area is 88.9 Å². The second-order valence-electron chi connectivity index (χ2n) is 5.50. The highest BCUT2D eigenvalue weighted by Crippen LogP contribution is 2.53. The molecule has 0 aromatic carbocycles. The molecule has 0 unspecified atom stereocenters. The van der Waals surface area contributed by atoms with Gasteiger partial charge in [0, 0.05) is 0 Å². The van der Waals surface area contributed by atoms with E-state index in [9.17, 15) is 0 Å². The Hall–Kier alpha value is -0.0400. The molecule has 1 saturated heterocycles. The predicted octanol–water partition coefficient (Wildman–Crippen LogP) is 3.30. The molecule has 1 nitrogen and oxygen atoms in total. The minimum Gasteiger partial charge on any atom is -0.304 e. The summed E-state index contributed by atoms with van der Waals surface area (Å²) in [5.74, 6) is 1.09. The van der Waals surface area contributed by atoms with Crippen LogP contribution in [0.2, 0.25) is 0 Å². The summed E-state index contributed by atoms with van der Waals surface area (Å²) in [5, 5.41) is 0. The molecule has 1 aliphatic carbocycles. The zero-order valence-corrected chi connectivity index (χ0v) is 9.89. The first-order chi connectivity index (χ1) is 6.78. The molecule has 1 aliphatic heterocycles. The SMILES string of the molecule is CCCC1CC2(CCN(CC)CC2)C1. The van der Waals surface area contributed by atoms with E-state index in [1.165, 1.54) is 45.3 Å². The molecule has 0 N–H and O–H groups in total. The van der Waals surface area contributed by atoms with Crippen LogP contribution >= 0.6 is 0 Å². The van der Waals surface area contributed by atoms with Gasteiger partial charge < -0.3 is 4.90 Å². The van der Waals surface area contributed by atoms with Gasteiger partial charge in [-0.15, -0.1) is 0 Å². The molecule has 2 aliphatic rings. The summed E-state index contributed by atoms with van der Waals surface area (Å²) in [5.41, 5.74) is 0.811. The number of likely N-dealkylation sites (tertiary alicyclic amines) is 1. The van der Waals surface area contributed by atoms with Crippen LogP contribution in [0.4, 0.5) is 0 Å². The topological polar surface area (TPSA) is 3.24 Å². The molecule has 1 heterocycles. The Bertz CT molecular complexity index is 164. The first-order valence-corrected chi connectivity index (χ1v) is 6.50. The van der Waals surface area contributed by atoms with E-state index in [0.29, 0.717) is 0 Å². The van der Waals surface area contributed by atoms with Crippen molar-refractivity contribution >= 4 is 0 Å². The number of hydrogen-bond donors (Lipinski definition) is 0. The van der Waals surface area contributed by atoms with Crippen LogP contribution in [0.1, 0.15) is 52.4 Å². The normalized spacial score (nSPS) is 27.9. The van der Waals surface area contributed by atoms with E-state index in [1.54, 1.807) is 12.8 Å². The van der Waals surface area contributed by atoms with Crippen LogP contribution in [0, 0.1) is 11.3 Å². The second kappa shape index (κ2) is 4.22. The molecule has 0 aromatic heterocycles. The molecule has 2 rings (SSSR count). The van der Waals surface area contributed by atoms with E-state index in [1.807, 2.05) is 0 Å². The minimum absolute atomic E-state index is 0.811. The summed E-state index contributed by atoms with van der Waals surface area (Å²) >= 11 is 0. The van der Waals surface area contributed by atoms with Gasteiger partial charge in [-0.25, -0.2) is 0 Å². The fourth-order valence-corrected chi connectivity index (χ4v) is 3.53. The maximum atomic E-state index is 2.61. The van der Waals surface area contributed by atoms with Crippen molar-refractivity contribution in [3.05, 3.63) is 0 Å². The molecule has 2 fully saturated rings. The van der Waals surface area contributed by atoms with E-state index in [4.69, 9.17) is 0 Å². The van der Waals surface area contributed by atoms with Crippen LogP contribution in [0.15, 0.2) is 0 Å². The fourth-order valence-electron chi connectivity index (χ4n) is 3.53. The van der Waals surface area contributed by atoms with Crippen molar-refractivity contribution < 1.29 is 0 Å². The molecule has 1 saturated carbocycles. The van der Waals surface area contributed by atoms with Crippen molar-refractivity contribution in [1.82, 2.24) is 4.90 Å². The third kappa shape index (κ3) is 1.98. The quantitative estimate of drug-likeness (QED) is 0.668. The highest BCUT2D eigenvalue weighted by atomic mass is 15.1. The third-order valence-electron chi connectivity index (χ3n) is 4.50. The summed E-state index contributed by atoms with van der Waals surface area (Å²) in [7, 11) is 0. The van der Waals surface area contributed by atoms with E-state index >= 15 is 0 Å². The average molecular weight is 195 g/mol. The third-order valence-corrected chi connectivity index (χ3v) is 4.50. The molecular weight excluding hydrogens is 170 g/mol. The average Bonchev–Trinajstić information content (AvgIpc) is 2.17. The molecular formula is C13H25N. The van der Waals surface area contributed by atoms with E-state index in [-0.39, 0.29) is 0 Å². The summed E-state index contributed by atoms with van der Waals surface area (Å²) in [6, 6.07) is 0. The van der Waals surface area contributed by atoms with Gasteiger partial charge in [0.25, 0.3) is 0 Å². The monoisotopic (exact) mass is 195 g/mol. The van der Waals surface area contributed by atoms with Crippen molar-refractivity contribution in [3.63, 3.8) is 0 Å². The van der Waals surface area contributed by atoms with Crippen LogP contribution in [0.3, 0.4) is 0 Å². The molecule has 0 aromatic rings. The zero-order chi connectivity index (χ0) is 10.0. The summed E-state index contributed by atoms with van der Waals surface area (Å²) in [6.45, 7) is 8.61. The molecule has 82 valence electrons. The van der Waals surface area contributed by atoms with E-state index in [0.717, 1.165) is 11.3 Å². The van der Waals surface area contributed by atoms with Crippen LogP contribution in [-0.2, 0) is 0 Å². The zero-order valence-electron chi connectivity index (χ0n) is 9.89. The smallest absolute Gasteiger partial charge is 0.00135 e. The number of rotatable bonds is 3. The number of piperidine rings is 1. The van der Waals surface area contributed by atoms with Crippen LogP contribution in [0.25, 0.3) is 0 Å². The Balaban J connectivity index is 1.74. The van der Waals surface area contributed by atoms with Crippen molar-refractivity contribution in [3.8, 4) is 0 Å². The lowest BCUT2D eigenvalue weighted by Crippen LogP contribution is -2.46. The van der Waals surface area contributed by atoms with Gasteiger partial charge in [-0.2, -0.15) is 0 Å². The number of hydrogen-bond acceptors (Lipinski definition) is 1. The van der Waals surface area contributed by atoms with Gasteiger partial charge in [0.1, 0.15) is 0 Å². The van der Waals surface area contributed by atoms with Crippen molar-refractivity contribution in [1.29, 1.82) is 0 Å². The van der Waals surface area contributed by atoms with Gasteiger partial charge in [-0.1, -0.05) is 26.7 Å². The van der Waals surface area contributed by atoms with Crippen molar-refractivity contribution in [2.24, 2.45) is 11.3 Å². The summed E-state index contributed by atoms with van der Waals surface area (Å²) < 4.78 is 0. The van der Waals surface area contributed by atoms with E-state index < -0.39 is 0 Å². The van der Waals surface area contributed by atoms with Crippen LogP contribution in [0.5, 0.6) is 0 Å². The molecule has 0 bridgehead atoms. The highest BCUT2D eigenvalue weighted by molar-refractivity contribution is 4.96. The van der Waals surface area contributed by atoms with E-state index in [2.05, 4.69) is 18.7 Å². The fraction of sp³-hybridized carbons (Fsp3) is 1.00. The first kappa shape index (κ1) is 10.5. The maximum Gasteiger partial charge on any atom is -0.00135 e. The Morgan fingerprint density at radius 2 is 1.79 bits per heavy atom. The molecule has 1 heteroatoms. The molecule has 14 heavy (non-hydrogen) atoms. The largest absolute Gasteiger partial charge is 0.304 e. The van der Waals surface area contributed by atoms with Gasteiger partial charge in [0.15, 0.2) is 0 Å². The predicted molar refractivity (Wildman–Crippen MR) is 61.4 cm³/mol. The van der Waals surface area contributed by atoms with Gasteiger partial charge in [0.05, 0.1) is 0 Å². The van der Waals surface area contributed by atoms with Gasteiger partial charge in [-0.3, -0.25) is 0 Å². The van der Waals surface area contributed by atoms with Crippen molar-refractivity contribution in [2.45, 2.75) is 52.4 Å². The number of nitrogens with zero attached hydrogens (tertiary/aromatic N) is 1. The Morgan fingerprint density at radius 1 is 1.14 bits per heavy atom. The maximum absolute atomic E-state index is 2.61. The standard InChI is InChI=1S/C13H25N/c1-3-5-12-10-13(11-12)6-8-14(4-2)9-7-13/h12H,3-11H2,1-2H3. The lowest BCUT2D eigenvalue weighted by atomic mass is 9.56. The van der Waals surface area contributed by atoms with Gasteiger partial charge >= 0.3 is 0 Å². The lowest BCUT2D eigenvalue weighted by Gasteiger charge is -2.52.